The molecule has 2 aliphatic carbocycles. The van der Waals surface area contributed by atoms with Gasteiger partial charge in [0.05, 0.1) is 4.99 Å². The maximum atomic E-state index is 5.84. The maximum absolute atomic E-state index is 5.84. The lowest BCUT2D eigenvalue weighted by Gasteiger charge is -2.31. The number of allylic oxidation sites excluding steroid dienone is 2. The number of thiocarbonyl (C=S) groups is 1. The molecule has 4 atom stereocenters. The normalized spacial score (nSPS) is 31.0. The zero-order valence-electron chi connectivity index (χ0n) is 14.7. The summed E-state index contributed by atoms with van der Waals surface area (Å²) in [6.07, 6.45) is 5.31. The molecule has 21 heavy (non-hydrogen) atoms. The molecule has 0 spiro atoms. The molecule has 2 rings (SSSR count). The molecular weight excluding hydrogens is 274 g/mol. The van der Waals surface area contributed by atoms with Crippen molar-refractivity contribution >= 4 is 17.2 Å². The zero-order valence-corrected chi connectivity index (χ0v) is 15.5. The van der Waals surface area contributed by atoms with Crippen molar-refractivity contribution in [1.82, 2.24) is 5.32 Å². The summed E-state index contributed by atoms with van der Waals surface area (Å²) in [5, 5.41) is 3.70. The lowest BCUT2D eigenvalue weighted by Crippen LogP contribution is -2.36. The molecule has 0 aromatic rings. The third kappa shape index (κ3) is 3.36. The van der Waals surface area contributed by atoms with E-state index in [1.165, 1.54) is 25.0 Å². The fourth-order valence-corrected chi connectivity index (χ4v) is 5.52. The Morgan fingerprint density at radius 1 is 1.10 bits per heavy atom. The van der Waals surface area contributed by atoms with Gasteiger partial charge in [-0.1, -0.05) is 53.8 Å². The van der Waals surface area contributed by atoms with Crippen molar-refractivity contribution in [3.8, 4) is 0 Å². The molecule has 2 bridgehead atoms. The number of hydrogen-bond acceptors (Lipinski definition) is 1. The van der Waals surface area contributed by atoms with Gasteiger partial charge in [-0.3, -0.25) is 0 Å². The van der Waals surface area contributed by atoms with E-state index in [0.29, 0.717) is 17.8 Å². The minimum Gasteiger partial charge on any atom is -0.353 e. The van der Waals surface area contributed by atoms with E-state index in [-0.39, 0.29) is 0 Å². The van der Waals surface area contributed by atoms with Gasteiger partial charge in [0, 0.05) is 11.6 Å². The Labute approximate surface area is 137 Å². The van der Waals surface area contributed by atoms with Crippen LogP contribution in [0, 0.1) is 35.5 Å². The smallest absolute Gasteiger partial charge is 0.0831 e. The summed E-state index contributed by atoms with van der Waals surface area (Å²) >= 11 is 5.84. The van der Waals surface area contributed by atoms with Gasteiger partial charge in [-0.15, -0.1) is 0 Å². The average Bonchev–Trinajstić information content (AvgIpc) is 2.97. The SMILES string of the molecule is CCC(NC(=S)C1C2CCC(C2)C1C)=C(C(C)C)C(C)C. The fourth-order valence-electron chi connectivity index (χ4n) is 4.99. The Morgan fingerprint density at radius 3 is 2.10 bits per heavy atom. The van der Waals surface area contributed by atoms with E-state index in [9.17, 15) is 0 Å². The molecule has 1 nitrogen and oxygen atoms in total. The predicted molar refractivity (Wildman–Crippen MR) is 96.2 cm³/mol. The maximum Gasteiger partial charge on any atom is 0.0831 e. The molecule has 0 aromatic heterocycles. The third-order valence-electron chi connectivity index (χ3n) is 5.85. The number of fused-ring (bicyclic) bond motifs is 2. The molecule has 2 fully saturated rings. The van der Waals surface area contributed by atoms with Crippen LogP contribution in [0.15, 0.2) is 11.3 Å². The highest BCUT2D eigenvalue weighted by atomic mass is 32.1. The second-order valence-electron chi connectivity index (χ2n) is 7.80. The van der Waals surface area contributed by atoms with Crippen LogP contribution >= 0.6 is 12.2 Å². The van der Waals surface area contributed by atoms with Crippen molar-refractivity contribution in [2.75, 3.05) is 0 Å². The first-order chi connectivity index (χ1) is 9.86. The largest absolute Gasteiger partial charge is 0.353 e. The first kappa shape index (κ1) is 17.0. The first-order valence-electron chi connectivity index (χ1n) is 8.90. The minimum atomic E-state index is 0.590. The van der Waals surface area contributed by atoms with Gasteiger partial charge in [0.1, 0.15) is 0 Å². The Bertz CT molecular complexity index is 409. The monoisotopic (exact) mass is 307 g/mol. The Balaban J connectivity index is 2.15. The Morgan fingerprint density at radius 2 is 1.67 bits per heavy atom. The van der Waals surface area contributed by atoms with E-state index in [2.05, 4.69) is 46.9 Å². The van der Waals surface area contributed by atoms with Crippen molar-refractivity contribution in [3.63, 3.8) is 0 Å². The molecule has 4 unspecified atom stereocenters. The molecule has 0 amide bonds. The van der Waals surface area contributed by atoms with Crippen LogP contribution in [-0.4, -0.2) is 4.99 Å². The lowest BCUT2D eigenvalue weighted by atomic mass is 9.80. The highest BCUT2D eigenvalue weighted by Crippen LogP contribution is 2.52. The van der Waals surface area contributed by atoms with Crippen LogP contribution in [0.2, 0.25) is 0 Å². The molecule has 1 N–H and O–H groups in total. The van der Waals surface area contributed by atoms with Gasteiger partial charge in [-0.05, 0) is 60.8 Å². The van der Waals surface area contributed by atoms with E-state index in [0.717, 1.165) is 29.2 Å². The van der Waals surface area contributed by atoms with E-state index in [1.54, 1.807) is 5.57 Å². The van der Waals surface area contributed by atoms with Gasteiger partial charge in [0.25, 0.3) is 0 Å². The van der Waals surface area contributed by atoms with Gasteiger partial charge in [0.2, 0.25) is 0 Å². The number of nitrogens with one attached hydrogen (secondary N) is 1. The lowest BCUT2D eigenvalue weighted by molar-refractivity contribution is 0.304. The van der Waals surface area contributed by atoms with E-state index >= 15 is 0 Å². The molecule has 0 radical (unpaired) electrons. The molecule has 0 heterocycles. The van der Waals surface area contributed by atoms with Crippen LogP contribution < -0.4 is 5.32 Å². The second kappa shape index (κ2) is 6.81. The predicted octanol–water partition coefficient (Wildman–Crippen LogP) is 5.56. The Kier molecular flexibility index (Phi) is 5.51. The Hall–Kier alpha value is -0.370. The number of hydrogen-bond donors (Lipinski definition) is 1. The summed E-state index contributed by atoms with van der Waals surface area (Å²) < 4.78 is 0. The quantitative estimate of drug-likeness (QED) is 0.667. The topological polar surface area (TPSA) is 12.0 Å². The van der Waals surface area contributed by atoms with Crippen LogP contribution in [0.1, 0.15) is 67.2 Å². The van der Waals surface area contributed by atoms with Crippen LogP contribution in [-0.2, 0) is 0 Å². The summed E-state index contributed by atoms with van der Waals surface area (Å²) in [5.74, 6) is 4.37. The van der Waals surface area contributed by atoms with E-state index in [1.807, 2.05) is 0 Å². The van der Waals surface area contributed by atoms with Gasteiger partial charge in [-0.25, -0.2) is 0 Å². The second-order valence-corrected chi connectivity index (χ2v) is 8.24. The number of rotatable bonds is 5. The minimum absolute atomic E-state index is 0.590. The van der Waals surface area contributed by atoms with Crippen LogP contribution in [0.4, 0.5) is 0 Å². The molecule has 0 aromatic carbocycles. The van der Waals surface area contributed by atoms with Crippen molar-refractivity contribution in [2.24, 2.45) is 35.5 Å². The highest BCUT2D eigenvalue weighted by molar-refractivity contribution is 7.80. The summed E-state index contributed by atoms with van der Waals surface area (Å²) in [6, 6.07) is 0. The molecule has 0 saturated heterocycles. The molecule has 2 heteroatoms. The van der Waals surface area contributed by atoms with Gasteiger partial charge >= 0.3 is 0 Å². The fraction of sp³-hybridized carbons (Fsp3) is 0.842. The van der Waals surface area contributed by atoms with Crippen molar-refractivity contribution < 1.29 is 0 Å². The standard InChI is InChI=1S/C19H33NS/c1-7-16(17(11(2)3)12(4)5)20-19(21)18-13(6)14-8-9-15(18)10-14/h11-15,18H,7-10H2,1-6H3,(H,20,21). The molecule has 2 aliphatic rings. The van der Waals surface area contributed by atoms with Gasteiger partial charge in [0.15, 0.2) is 0 Å². The summed E-state index contributed by atoms with van der Waals surface area (Å²) in [6.45, 7) is 13.9. The highest BCUT2D eigenvalue weighted by Gasteiger charge is 2.47. The average molecular weight is 308 g/mol. The van der Waals surface area contributed by atoms with Gasteiger partial charge in [-0.2, -0.15) is 0 Å². The summed E-state index contributed by atoms with van der Waals surface area (Å²) in [5.41, 5.74) is 2.94. The molecule has 0 aliphatic heterocycles. The third-order valence-corrected chi connectivity index (χ3v) is 6.23. The zero-order chi connectivity index (χ0) is 15.7. The van der Waals surface area contributed by atoms with E-state index < -0.39 is 0 Å². The molecule has 120 valence electrons. The first-order valence-corrected chi connectivity index (χ1v) is 9.31. The van der Waals surface area contributed by atoms with Crippen LogP contribution in [0.5, 0.6) is 0 Å². The molecule has 2 saturated carbocycles. The van der Waals surface area contributed by atoms with Crippen molar-refractivity contribution in [3.05, 3.63) is 11.3 Å². The van der Waals surface area contributed by atoms with Crippen LogP contribution in [0.25, 0.3) is 0 Å². The van der Waals surface area contributed by atoms with Crippen molar-refractivity contribution in [2.45, 2.75) is 67.2 Å². The summed E-state index contributed by atoms with van der Waals surface area (Å²) in [4.78, 5) is 1.13. The molecular formula is C19H33NS. The van der Waals surface area contributed by atoms with Crippen LogP contribution in [0.3, 0.4) is 0 Å². The van der Waals surface area contributed by atoms with E-state index in [4.69, 9.17) is 12.2 Å². The van der Waals surface area contributed by atoms with Crippen molar-refractivity contribution in [1.29, 1.82) is 0 Å². The summed E-state index contributed by atoms with van der Waals surface area (Å²) in [7, 11) is 0. The van der Waals surface area contributed by atoms with Gasteiger partial charge < -0.3 is 5.32 Å².